The first-order chi connectivity index (χ1) is 12.8. The fourth-order valence-electron chi connectivity index (χ4n) is 3.00. The number of aliphatic hydroxyl groups excluding tert-OH is 1. The molecule has 3 amide bonds. The van der Waals surface area contributed by atoms with Crippen molar-refractivity contribution in [1.29, 1.82) is 0 Å². The van der Waals surface area contributed by atoms with Crippen LogP contribution >= 0.6 is 0 Å². The van der Waals surface area contributed by atoms with Crippen molar-refractivity contribution in [2.75, 3.05) is 19.6 Å². The van der Waals surface area contributed by atoms with Gasteiger partial charge >= 0.3 is 0 Å². The third-order valence-corrected chi connectivity index (χ3v) is 4.50. The van der Waals surface area contributed by atoms with Crippen LogP contribution in [0.1, 0.15) is 39.0 Å². The summed E-state index contributed by atoms with van der Waals surface area (Å²) in [4.78, 5) is 49.4. The first-order valence-electron chi connectivity index (χ1n) is 9.21. The molecule has 0 aromatic rings. The maximum Gasteiger partial charge on any atom is 0.245 e. The van der Waals surface area contributed by atoms with Crippen molar-refractivity contribution in [2.45, 2.75) is 63.3 Å². The van der Waals surface area contributed by atoms with Crippen LogP contribution < -0.4 is 22.1 Å². The number of hydrogen-bond donors (Lipinski definition) is 5. The van der Waals surface area contributed by atoms with E-state index in [-0.39, 0.29) is 12.5 Å². The van der Waals surface area contributed by atoms with Crippen LogP contribution in [-0.2, 0) is 19.2 Å². The van der Waals surface area contributed by atoms with Gasteiger partial charge in [0.05, 0.1) is 18.7 Å². The number of nitrogens with two attached hydrogens (primary N) is 2. The molecule has 1 aliphatic rings. The maximum absolute atomic E-state index is 12.8. The molecule has 4 atom stereocenters. The lowest BCUT2D eigenvalue weighted by Gasteiger charge is -2.28. The molecule has 1 heterocycles. The summed E-state index contributed by atoms with van der Waals surface area (Å²) < 4.78 is 0. The SMILES string of the molecule is C[C@@H](O)[C@H](NC(=O)CN)C(=O)N[C@@H](CCCCN)C(=O)N1CCC[C@H]1[C]=O. The molecule has 1 radical (unpaired) electrons. The third-order valence-electron chi connectivity index (χ3n) is 4.50. The van der Waals surface area contributed by atoms with Gasteiger partial charge in [-0.05, 0) is 45.6 Å². The van der Waals surface area contributed by atoms with Gasteiger partial charge < -0.3 is 32.1 Å². The fraction of sp³-hybridized carbons (Fsp3) is 0.765. The van der Waals surface area contributed by atoms with Crippen LogP contribution in [0.25, 0.3) is 0 Å². The van der Waals surface area contributed by atoms with E-state index < -0.39 is 36.0 Å². The third kappa shape index (κ3) is 6.89. The molecule has 1 saturated heterocycles. The summed E-state index contributed by atoms with van der Waals surface area (Å²) in [7, 11) is 0. The van der Waals surface area contributed by atoms with Gasteiger partial charge in [-0.25, -0.2) is 0 Å². The fourth-order valence-corrected chi connectivity index (χ4v) is 3.00. The lowest BCUT2D eigenvalue weighted by molar-refractivity contribution is -0.138. The number of carbonyl (C=O) groups is 3. The van der Waals surface area contributed by atoms with Crippen LogP contribution in [0.4, 0.5) is 0 Å². The Balaban J connectivity index is 2.88. The van der Waals surface area contributed by atoms with Crippen LogP contribution in [0.2, 0.25) is 0 Å². The van der Waals surface area contributed by atoms with Gasteiger partial charge in [-0.2, -0.15) is 0 Å². The molecule has 7 N–H and O–H groups in total. The summed E-state index contributed by atoms with van der Waals surface area (Å²) in [5.41, 5.74) is 10.7. The number of rotatable bonds is 11. The number of unbranched alkanes of at least 4 members (excludes halogenated alkanes) is 1. The topological polar surface area (TPSA) is 168 Å². The predicted octanol–water partition coefficient (Wildman–Crippen LogP) is -2.47. The zero-order valence-electron chi connectivity index (χ0n) is 15.6. The van der Waals surface area contributed by atoms with E-state index in [1.165, 1.54) is 11.8 Å². The molecular formula is C17H30N5O5. The van der Waals surface area contributed by atoms with Gasteiger partial charge in [0.15, 0.2) is 0 Å². The molecular weight excluding hydrogens is 354 g/mol. The van der Waals surface area contributed by atoms with Crippen LogP contribution in [0.5, 0.6) is 0 Å². The van der Waals surface area contributed by atoms with Crippen LogP contribution in [-0.4, -0.2) is 77.9 Å². The number of hydrogen-bond acceptors (Lipinski definition) is 7. The minimum Gasteiger partial charge on any atom is -0.391 e. The van der Waals surface area contributed by atoms with E-state index >= 15 is 0 Å². The molecule has 0 aliphatic carbocycles. The number of nitrogens with zero attached hydrogens (tertiary/aromatic N) is 1. The second-order valence-corrected chi connectivity index (χ2v) is 6.64. The Kier molecular flexibility index (Phi) is 9.90. The van der Waals surface area contributed by atoms with Crippen molar-refractivity contribution in [3.63, 3.8) is 0 Å². The van der Waals surface area contributed by atoms with Gasteiger partial charge in [0.1, 0.15) is 12.1 Å². The Bertz CT molecular complexity index is 528. The standard InChI is InChI=1S/C17H30N5O5/c1-11(24)15(21-14(25)9-19)16(26)20-13(6-2-3-7-18)17(27)22-8-4-5-12(22)10-23/h11-13,15,24H,2-9,18-19H2,1H3,(H,20,26)(H,21,25)/t11-,12+,13+,15+/m1/s1. The summed E-state index contributed by atoms with van der Waals surface area (Å²) in [6, 6.07) is -2.73. The first-order valence-corrected chi connectivity index (χ1v) is 9.21. The highest BCUT2D eigenvalue weighted by molar-refractivity contribution is 5.93. The van der Waals surface area contributed by atoms with Gasteiger partial charge in [0, 0.05) is 6.54 Å². The van der Waals surface area contributed by atoms with Crippen molar-refractivity contribution in [3.8, 4) is 0 Å². The molecule has 1 fully saturated rings. The zero-order valence-corrected chi connectivity index (χ0v) is 15.6. The summed E-state index contributed by atoms with van der Waals surface area (Å²) in [5.74, 6) is -1.67. The molecule has 10 heteroatoms. The van der Waals surface area contributed by atoms with Crippen LogP contribution in [0.15, 0.2) is 0 Å². The van der Waals surface area contributed by atoms with Gasteiger partial charge in [-0.3, -0.25) is 19.2 Å². The Morgan fingerprint density at radius 2 is 1.96 bits per heavy atom. The van der Waals surface area contributed by atoms with E-state index in [1.54, 1.807) is 0 Å². The lowest BCUT2D eigenvalue weighted by atomic mass is 10.1. The van der Waals surface area contributed by atoms with E-state index in [9.17, 15) is 24.3 Å². The minimum absolute atomic E-state index is 0.333. The first kappa shape index (κ1) is 23.0. The Morgan fingerprint density at radius 3 is 2.52 bits per heavy atom. The monoisotopic (exact) mass is 384 g/mol. The molecule has 153 valence electrons. The predicted molar refractivity (Wildman–Crippen MR) is 97.9 cm³/mol. The molecule has 1 rings (SSSR count). The highest BCUT2D eigenvalue weighted by Crippen LogP contribution is 2.18. The highest BCUT2D eigenvalue weighted by Gasteiger charge is 2.35. The van der Waals surface area contributed by atoms with Gasteiger partial charge in [-0.15, -0.1) is 0 Å². The number of aliphatic hydroxyl groups is 1. The molecule has 0 saturated carbocycles. The number of amides is 3. The van der Waals surface area contributed by atoms with Crippen molar-refractivity contribution < 1.29 is 24.3 Å². The smallest absolute Gasteiger partial charge is 0.245 e. The molecule has 0 unspecified atom stereocenters. The number of nitrogens with one attached hydrogen (secondary N) is 2. The normalized spacial score (nSPS) is 19.9. The van der Waals surface area contributed by atoms with E-state index in [0.29, 0.717) is 45.2 Å². The quantitative estimate of drug-likeness (QED) is 0.246. The zero-order chi connectivity index (χ0) is 20.4. The molecule has 0 aromatic carbocycles. The largest absolute Gasteiger partial charge is 0.391 e. The van der Waals surface area contributed by atoms with Gasteiger partial charge in [-0.1, -0.05) is 0 Å². The van der Waals surface area contributed by atoms with E-state index in [4.69, 9.17) is 11.5 Å². The Hall–Kier alpha value is -2.04. The Morgan fingerprint density at radius 1 is 1.26 bits per heavy atom. The van der Waals surface area contributed by atoms with E-state index in [1.807, 2.05) is 6.29 Å². The summed E-state index contributed by atoms with van der Waals surface area (Å²) in [6.07, 6.45) is 3.52. The molecule has 0 aromatic heterocycles. The number of carbonyl (C=O) groups excluding carboxylic acids is 4. The van der Waals surface area contributed by atoms with Crippen molar-refractivity contribution in [1.82, 2.24) is 15.5 Å². The number of likely N-dealkylation sites (tertiary alicyclic amines) is 1. The Labute approximate surface area is 159 Å². The summed E-state index contributed by atoms with van der Waals surface area (Å²) in [6.45, 7) is 1.89. The van der Waals surface area contributed by atoms with Crippen LogP contribution in [0.3, 0.4) is 0 Å². The van der Waals surface area contributed by atoms with Crippen molar-refractivity contribution in [3.05, 3.63) is 0 Å². The van der Waals surface area contributed by atoms with Crippen molar-refractivity contribution >= 4 is 24.0 Å². The van der Waals surface area contributed by atoms with E-state index in [0.717, 1.165) is 0 Å². The average molecular weight is 384 g/mol. The molecule has 0 spiro atoms. The van der Waals surface area contributed by atoms with Gasteiger partial charge in [0.2, 0.25) is 24.0 Å². The second-order valence-electron chi connectivity index (χ2n) is 6.64. The second kappa shape index (κ2) is 11.6. The molecule has 10 nitrogen and oxygen atoms in total. The highest BCUT2D eigenvalue weighted by atomic mass is 16.3. The average Bonchev–Trinajstić information content (AvgIpc) is 3.12. The minimum atomic E-state index is -1.24. The summed E-state index contributed by atoms with van der Waals surface area (Å²) >= 11 is 0. The maximum atomic E-state index is 12.8. The van der Waals surface area contributed by atoms with E-state index in [2.05, 4.69) is 10.6 Å². The van der Waals surface area contributed by atoms with Crippen LogP contribution in [0, 0.1) is 0 Å². The summed E-state index contributed by atoms with van der Waals surface area (Å²) in [5, 5.41) is 14.7. The lowest BCUT2D eigenvalue weighted by Crippen LogP contribution is -2.58. The van der Waals surface area contributed by atoms with Gasteiger partial charge in [0.25, 0.3) is 0 Å². The molecule has 27 heavy (non-hydrogen) atoms. The molecule has 0 bridgehead atoms. The molecule has 1 aliphatic heterocycles. The van der Waals surface area contributed by atoms with Crippen molar-refractivity contribution in [2.24, 2.45) is 11.5 Å².